The van der Waals surface area contributed by atoms with E-state index in [1.807, 2.05) is 24.3 Å². The zero-order chi connectivity index (χ0) is 12.8. The van der Waals surface area contributed by atoms with Crippen LogP contribution < -0.4 is 10.1 Å². The van der Waals surface area contributed by atoms with Gasteiger partial charge in [-0.2, -0.15) is 0 Å². The van der Waals surface area contributed by atoms with Gasteiger partial charge in [0.25, 0.3) is 0 Å². The number of thiazole rings is 1. The Hall–Kier alpha value is -1.55. The molecular formula is C14H18N2OS. The lowest BCUT2D eigenvalue weighted by atomic mass is 10.2. The minimum Gasteiger partial charge on any atom is -0.497 e. The molecule has 4 heteroatoms. The molecule has 0 spiro atoms. The quantitative estimate of drug-likeness (QED) is 0.603. The molecule has 18 heavy (non-hydrogen) atoms. The highest BCUT2D eigenvalue weighted by Crippen LogP contribution is 2.29. The first-order valence-electron chi connectivity index (χ1n) is 6.13. The molecule has 2 rings (SSSR count). The second-order valence-electron chi connectivity index (χ2n) is 4.06. The topological polar surface area (TPSA) is 34.2 Å². The molecule has 0 radical (unpaired) electrons. The Balaban J connectivity index is 1.95. The molecule has 0 atom stereocenters. The molecule has 0 fully saturated rings. The van der Waals surface area contributed by atoms with E-state index in [0.29, 0.717) is 0 Å². The summed E-state index contributed by atoms with van der Waals surface area (Å²) in [6.45, 7) is 4.68. The number of hydrogen-bond donors (Lipinski definition) is 1. The Morgan fingerprint density at radius 2 is 2.33 bits per heavy atom. The van der Waals surface area contributed by atoms with Gasteiger partial charge in [-0.15, -0.1) is 6.58 Å². The summed E-state index contributed by atoms with van der Waals surface area (Å²) in [7, 11) is 1.68. The fourth-order valence-electron chi connectivity index (χ4n) is 1.72. The van der Waals surface area contributed by atoms with Crippen molar-refractivity contribution in [3.8, 4) is 5.75 Å². The van der Waals surface area contributed by atoms with Crippen LogP contribution in [0.2, 0.25) is 0 Å². The summed E-state index contributed by atoms with van der Waals surface area (Å²) in [5.74, 6) is 0.878. The van der Waals surface area contributed by atoms with Gasteiger partial charge in [-0.25, -0.2) is 4.98 Å². The highest BCUT2D eigenvalue weighted by atomic mass is 32.1. The van der Waals surface area contributed by atoms with E-state index in [-0.39, 0.29) is 0 Å². The molecule has 1 aromatic carbocycles. The van der Waals surface area contributed by atoms with Gasteiger partial charge in [0, 0.05) is 6.54 Å². The maximum absolute atomic E-state index is 5.21. The van der Waals surface area contributed by atoms with E-state index in [4.69, 9.17) is 4.74 Å². The number of anilines is 1. The van der Waals surface area contributed by atoms with Crippen molar-refractivity contribution >= 4 is 26.7 Å². The van der Waals surface area contributed by atoms with Gasteiger partial charge < -0.3 is 10.1 Å². The number of allylic oxidation sites excluding steroid dienone is 1. The molecule has 96 valence electrons. The Labute approximate surface area is 112 Å². The minimum absolute atomic E-state index is 0.878. The monoisotopic (exact) mass is 262 g/mol. The van der Waals surface area contributed by atoms with Crippen LogP contribution in [0.15, 0.2) is 30.9 Å². The Kier molecular flexibility index (Phi) is 4.59. The fraction of sp³-hybridized carbons (Fsp3) is 0.357. The number of unbranched alkanes of at least 4 members (excludes halogenated alkanes) is 2. The number of ether oxygens (including phenoxy) is 1. The molecule has 0 aliphatic heterocycles. The molecule has 0 aliphatic carbocycles. The molecule has 2 aromatic rings. The average molecular weight is 262 g/mol. The van der Waals surface area contributed by atoms with Crippen LogP contribution in [0.4, 0.5) is 5.13 Å². The van der Waals surface area contributed by atoms with E-state index in [9.17, 15) is 0 Å². The number of aromatic nitrogens is 1. The number of rotatable bonds is 7. The molecule has 0 amide bonds. The Morgan fingerprint density at radius 1 is 1.44 bits per heavy atom. The van der Waals surface area contributed by atoms with Gasteiger partial charge in [-0.1, -0.05) is 17.4 Å². The Morgan fingerprint density at radius 3 is 3.11 bits per heavy atom. The number of benzene rings is 1. The molecule has 0 bridgehead atoms. The molecule has 1 N–H and O–H groups in total. The van der Waals surface area contributed by atoms with Crippen LogP contribution in [0.3, 0.4) is 0 Å². The molecule has 0 saturated carbocycles. The van der Waals surface area contributed by atoms with Crippen molar-refractivity contribution in [2.75, 3.05) is 19.0 Å². The summed E-state index contributed by atoms with van der Waals surface area (Å²) < 4.78 is 6.36. The maximum atomic E-state index is 5.21. The summed E-state index contributed by atoms with van der Waals surface area (Å²) in [4.78, 5) is 4.54. The number of nitrogens with one attached hydrogen (secondary N) is 1. The molecule has 0 aliphatic rings. The van der Waals surface area contributed by atoms with E-state index < -0.39 is 0 Å². The highest BCUT2D eigenvalue weighted by Gasteiger charge is 2.04. The lowest BCUT2D eigenvalue weighted by Crippen LogP contribution is -2.00. The van der Waals surface area contributed by atoms with Gasteiger partial charge in [0.05, 0.1) is 17.3 Å². The van der Waals surface area contributed by atoms with Gasteiger partial charge in [0.2, 0.25) is 0 Å². The van der Waals surface area contributed by atoms with Crippen molar-refractivity contribution in [1.82, 2.24) is 4.98 Å². The molecule has 3 nitrogen and oxygen atoms in total. The molecule has 0 unspecified atom stereocenters. The smallest absolute Gasteiger partial charge is 0.183 e. The van der Waals surface area contributed by atoms with E-state index in [0.717, 1.165) is 40.5 Å². The zero-order valence-electron chi connectivity index (χ0n) is 10.6. The van der Waals surface area contributed by atoms with Crippen LogP contribution in [0, 0.1) is 0 Å². The van der Waals surface area contributed by atoms with Crippen molar-refractivity contribution < 1.29 is 4.74 Å². The molecule has 0 saturated heterocycles. The first-order chi connectivity index (χ1) is 8.83. The first kappa shape index (κ1) is 12.9. The molecule has 1 aromatic heterocycles. The third kappa shape index (κ3) is 3.23. The standard InChI is InChI=1S/C14H18N2OS/c1-3-4-5-6-9-15-14-16-12-8-7-11(17-2)10-13(12)18-14/h3,7-8,10H,1,4-6,9H2,2H3,(H,15,16). The van der Waals surface area contributed by atoms with Crippen molar-refractivity contribution in [3.05, 3.63) is 30.9 Å². The fourth-order valence-corrected chi connectivity index (χ4v) is 2.64. The van der Waals surface area contributed by atoms with E-state index in [1.165, 1.54) is 6.42 Å². The number of nitrogens with zero attached hydrogens (tertiary/aromatic N) is 1. The lowest BCUT2D eigenvalue weighted by Gasteiger charge is -2.00. The average Bonchev–Trinajstić information content (AvgIpc) is 2.80. The van der Waals surface area contributed by atoms with Crippen LogP contribution in [0.1, 0.15) is 19.3 Å². The predicted molar refractivity (Wildman–Crippen MR) is 78.7 cm³/mol. The largest absolute Gasteiger partial charge is 0.497 e. The van der Waals surface area contributed by atoms with Crippen LogP contribution in [0.5, 0.6) is 5.75 Å². The summed E-state index contributed by atoms with van der Waals surface area (Å²) in [6, 6.07) is 5.96. The normalized spacial score (nSPS) is 10.5. The SMILES string of the molecule is C=CCCCCNc1nc2ccc(OC)cc2s1. The molecule has 1 heterocycles. The second-order valence-corrected chi connectivity index (χ2v) is 5.09. The second kappa shape index (κ2) is 6.40. The van der Waals surface area contributed by atoms with Crippen LogP contribution in [0.25, 0.3) is 10.2 Å². The van der Waals surface area contributed by atoms with Crippen LogP contribution >= 0.6 is 11.3 Å². The third-order valence-electron chi connectivity index (χ3n) is 2.71. The van der Waals surface area contributed by atoms with E-state index in [2.05, 4.69) is 16.9 Å². The van der Waals surface area contributed by atoms with Crippen molar-refractivity contribution in [1.29, 1.82) is 0 Å². The lowest BCUT2D eigenvalue weighted by molar-refractivity contribution is 0.415. The number of fused-ring (bicyclic) bond motifs is 1. The van der Waals surface area contributed by atoms with Crippen molar-refractivity contribution in [3.63, 3.8) is 0 Å². The van der Waals surface area contributed by atoms with Gasteiger partial charge in [0.1, 0.15) is 5.75 Å². The third-order valence-corrected chi connectivity index (χ3v) is 3.68. The highest BCUT2D eigenvalue weighted by molar-refractivity contribution is 7.22. The zero-order valence-corrected chi connectivity index (χ0v) is 11.4. The Bertz CT molecular complexity index is 521. The van der Waals surface area contributed by atoms with Crippen molar-refractivity contribution in [2.45, 2.75) is 19.3 Å². The van der Waals surface area contributed by atoms with Gasteiger partial charge >= 0.3 is 0 Å². The molecular weight excluding hydrogens is 244 g/mol. The van der Waals surface area contributed by atoms with Crippen LogP contribution in [-0.4, -0.2) is 18.6 Å². The van der Waals surface area contributed by atoms with Crippen LogP contribution in [-0.2, 0) is 0 Å². The summed E-state index contributed by atoms with van der Waals surface area (Å²) in [5, 5.41) is 4.35. The number of hydrogen-bond acceptors (Lipinski definition) is 4. The minimum atomic E-state index is 0.878. The number of methoxy groups -OCH3 is 1. The van der Waals surface area contributed by atoms with Gasteiger partial charge in [-0.05, 0) is 37.5 Å². The van der Waals surface area contributed by atoms with Gasteiger partial charge in [0.15, 0.2) is 5.13 Å². The maximum Gasteiger partial charge on any atom is 0.183 e. The summed E-state index contributed by atoms with van der Waals surface area (Å²) in [6.07, 6.45) is 5.36. The predicted octanol–water partition coefficient (Wildman–Crippen LogP) is 4.07. The van der Waals surface area contributed by atoms with Gasteiger partial charge in [-0.3, -0.25) is 0 Å². The van der Waals surface area contributed by atoms with Crippen molar-refractivity contribution in [2.24, 2.45) is 0 Å². The summed E-state index contributed by atoms with van der Waals surface area (Å²) in [5.41, 5.74) is 1.02. The van der Waals surface area contributed by atoms with E-state index >= 15 is 0 Å². The van der Waals surface area contributed by atoms with E-state index in [1.54, 1.807) is 18.4 Å². The first-order valence-corrected chi connectivity index (χ1v) is 6.94. The summed E-state index contributed by atoms with van der Waals surface area (Å²) >= 11 is 1.67.